The van der Waals surface area contributed by atoms with Crippen LogP contribution in [0.15, 0.2) is 64.3 Å². The molecular formula is C29H32N2O5. The average Bonchev–Trinajstić information content (AvgIpc) is 3.19. The Morgan fingerprint density at radius 1 is 1.11 bits per heavy atom. The molecular weight excluding hydrogens is 456 g/mol. The van der Waals surface area contributed by atoms with Crippen LogP contribution < -0.4 is 10.2 Å². The van der Waals surface area contributed by atoms with Crippen molar-refractivity contribution in [3.63, 3.8) is 0 Å². The number of aryl methyl sites for hydroxylation is 1. The maximum Gasteiger partial charge on any atom is 0.290 e. The summed E-state index contributed by atoms with van der Waals surface area (Å²) in [5.41, 5.74) is 2.59. The molecule has 36 heavy (non-hydrogen) atoms. The van der Waals surface area contributed by atoms with Crippen LogP contribution in [0.5, 0.6) is 5.75 Å². The van der Waals surface area contributed by atoms with Crippen molar-refractivity contribution in [2.45, 2.75) is 25.8 Å². The summed E-state index contributed by atoms with van der Waals surface area (Å²) in [6.07, 6.45) is 3.28. The molecule has 0 saturated carbocycles. The molecule has 0 spiro atoms. The normalized spacial score (nSPS) is 18.0. The number of amides is 1. The van der Waals surface area contributed by atoms with Gasteiger partial charge in [0.15, 0.2) is 5.43 Å². The number of benzene rings is 2. The Hall–Kier alpha value is -3.42. The van der Waals surface area contributed by atoms with Gasteiger partial charge in [0.25, 0.3) is 5.91 Å². The first kappa shape index (κ1) is 24.3. The molecule has 2 aliphatic rings. The van der Waals surface area contributed by atoms with Crippen LogP contribution in [0.25, 0.3) is 11.0 Å². The Labute approximate surface area is 210 Å². The molecule has 1 atom stereocenters. The fourth-order valence-electron chi connectivity index (χ4n) is 5.08. The van der Waals surface area contributed by atoms with Gasteiger partial charge in [-0.1, -0.05) is 37.8 Å². The van der Waals surface area contributed by atoms with Gasteiger partial charge in [0.2, 0.25) is 5.76 Å². The molecule has 0 bridgehead atoms. The molecule has 1 fully saturated rings. The minimum absolute atomic E-state index is 0.144. The van der Waals surface area contributed by atoms with Crippen molar-refractivity contribution in [3.05, 3.63) is 87.8 Å². The highest BCUT2D eigenvalue weighted by atomic mass is 16.5. The molecule has 0 aliphatic carbocycles. The summed E-state index contributed by atoms with van der Waals surface area (Å²) in [6.45, 7) is 10.8. The number of nitrogens with zero attached hydrogens (tertiary/aromatic N) is 2. The van der Waals surface area contributed by atoms with Gasteiger partial charge in [0, 0.05) is 26.2 Å². The third kappa shape index (κ3) is 4.68. The van der Waals surface area contributed by atoms with Gasteiger partial charge in [-0.25, -0.2) is 0 Å². The predicted molar refractivity (Wildman–Crippen MR) is 139 cm³/mol. The topological polar surface area (TPSA) is 72.2 Å². The monoisotopic (exact) mass is 488 g/mol. The molecule has 1 unspecified atom stereocenters. The Morgan fingerprint density at radius 2 is 1.94 bits per heavy atom. The molecule has 2 aromatic carbocycles. The molecule has 0 N–H and O–H groups in total. The molecule has 7 nitrogen and oxygen atoms in total. The molecule has 188 valence electrons. The van der Waals surface area contributed by atoms with Gasteiger partial charge in [-0.3, -0.25) is 14.5 Å². The third-order valence-corrected chi connectivity index (χ3v) is 6.96. The van der Waals surface area contributed by atoms with Crippen LogP contribution in [0, 0.1) is 0 Å². The first-order chi connectivity index (χ1) is 17.6. The van der Waals surface area contributed by atoms with E-state index in [0.29, 0.717) is 35.4 Å². The summed E-state index contributed by atoms with van der Waals surface area (Å²) in [4.78, 5) is 31.6. The van der Waals surface area contributed by atoms with Crippen molar-refractivity contribution in [1.82, 2.24) is 9.80 Å². The first-order valence-corrected chi connectivity index (χ1v) is 12.6. The average molecular weight is 489 g/mol. The molecule has 3 aromatic rings. The number of carbonyl (C=O) groups excluding carboxylic acids is 1. The summed E-state index contributed by atoms with van der Waals surface area (Å²) in [5, 5.41) is 0.514. The number of hydrogen-bond donors (Lipinski definition) is 0. The maximum absolute atomic E-state index is 13.8. The van der Waals surface area contributed by atoms with E-state index in [9.17, 15) is 9.59 Å². The number of carbonyl (C=O) groups is 1. The van der Waals surface area contributed by atoms with Crippen LogP contribution >= 0.6 is 0 Å². The number of hydrogen-bond acceptors (Lipinski definition) is 6. The van der Waals surface area contributed by atoms with E-state index < -0.39 is 6.04 Å². The summed E-state index contributed by atoms with van der Waals surface area (Å²) < 4.78 is 17.3. The lowest BCUT2D eigenvalue weighted by atomic mass is 9.97. The molecule has 1 saturated heterocycles. The molecule has 3 heterocycles. The van der Waals surface area contributed by atoms with E-state index in [-0.39, 0.29) is 17.1 Å². The third-order valence-electron chi connectivity index (χ3n) is 6.96. The first-order valence-electron chi connectivity index (χ1n) is 12.6. The van der Waals surface area contributed by atoms with Gasteiger partial charge in [0.05, 0.1) is 30.2 Å². The molecule has 2 aliphatic heterocycles. The van der Waals surface area contributed by atoms with Crippen molar-refractivity contribution in [3.8, 4) is 5.75 Å². The van der Waals surface area contributed by atoms with Crippen LogP contribution in [0.1, 0.15) is 46.6 Å². The highest BCUT2D eigenvalue weighted by Gasteiger charge is 2.42. The molecule has 1 amide bonds. The molecule has 7 heteroatoms. The highest BCUT2D eigenvalue weighted by Crippen LogP contribution is 2.39. The van der Waals surface area contributed by atoms with Gasteiger partial charge in [-0.15, -0.1) is 0 Å². The fourth-order valence-corrected chi connectivity index (χ4v) is 5.08. The quantitative estimate of drug-likeness (QED) is 0.421. The smallest absolute Gasteiger partial charge is 0.290 e. The largest absolute Gasteiger partial charge is 0.490 e. The SMILES string of the molecule is C=CCOc1cccc(C2c3c(oc4ccc(CC)cc4c3=O)C(=O)N2CCCN2CCOCC2)c1. The number of morpholine rings is 1. The van der Waals surface area contributed by atoms with Crippen LogP contribution in [-0.4, -0.2) is 61.7 Å². The van der Waals surface area contributed by atoms with Gasteiger partial charge in [-0.05, 0) is 48.2 Å². The van der Waals surface area contributed by atoms with E-state index in [0.717, 1.165) is 56.8 Å². The Bertz CT molecular complexity index is 1320. The minimum Gasteiger partial charge on any atom is -0.490 e. The molecule has 0 radical (unpaired) electrons. The van der Waals surface area contributed by atoms with E-state index in [4.69, 9.17) is 13.9 Å². The van der Waals surface area contributed by atoms with Crippen molar-refractivity contribution < 1.29 is 18.7 Å². The van der Waals surface area contributed by atoms with Crippen LogP contribution in [0.3, 0.4) is 0 Å². The lowest BCUT2D eigenvalue weighted by molar-refractivity contribution is 0.0353. The Kier molecular flexibility index (Phi) is 7.20. The Morgan fingerprint density at radius 3 is 2.72 bits per heavy atom. The van der Waals surface area contributed by atoms with Gasteiger partial charge in [0.1, 0.15) is 17.9 Å². The van der Waals surface area contributed by atoms with Crippen molar-refractivity contribution in [1.29, 1.82) is 0 Å². The lowest BCUT2D eigenvalue weighted by Crippen LogP contribution is -2.38. The summed E-state index contributed by atoms with van der Waals surface area (Å²) in [7, 11) is 0. The van der Waals surface area contributed by atoms with Crippen molar-refractivity contribution in [2.75, 3.05) is 46.0 Å². The van der Waals surface area contributed by atoms with E-state index >= 15 is 0 Å². The standard InChI is InChI=1S/C29H32N2O5/c1-3-15-35-22-8-5-7-21(19-22)26-25-27(32)23-18-20(4-2)9-10-24(23)36-28(25)29(33)31(26)12-6-11-30-13-16-34-17-14-30/h3,5,7-10,18-19,26H,1,4,6,11-17H2,2H3. The second-order valence-electron chi connectivity index (χ2n) is 9.24. The van der Waals surface area contributed by atoms with Crippen LogP contribution in [0.4, 0.5) is 0 Å². The number of rotatable bonds is 9. The van der Waals surface area contributed by atoms with E-state index in [1.165, 1.54) is 0 Å². The Balaban J connectivity index is 1.54. The summed E-state index contributed by atoms with van der Waals surface area (Å²) in [6, 6.07) is 12.7. The second-order valence-corrected chi connectivity index (χ2v) is 9.24. The number of fused-ring (bicyclic) bond motifs is 2. The van der Waals surface area contributed by atoms with Crippen molar-refractivity contribution in [2.24, 2.45) is 0 Å². The van der Waals surface area contributed by atoms with Crippen molar-refractivity contribution >= 4 is 16.9 Å². The molecule has 5 rings (SSSR count). The van der Waals surface area contributed by atoms with Gasteiger partial charge in [-0.2, -0.15) is 0 Å². The van der Waals surface area contributed by atoms with E-state index in [1.807, 2.05) is 43.3 Å². The van der Waals surface area contributed by atoms with Gasteiger partial charge < -0.3 is 18.8 Å². The lowest BCUT2D eigenvalue weighted by Gasteiger charge is -2.29. The minimum atomic E-state index is -0.532. The maximum atomic E-state index is 13.8. The number of ether oxygens (including phenoxy) is 2. The zero-order valence-electron chi connectivity index (χ0n) is 20.7. The van der Waals surface area contributed by atoms with Crippen LogP contribution in [-0.2, 0) is 11.2 Å². The zero-order valence-corrected chi connectivity index (χ0v) is 20.7. The highest BCUT2D eigenvalue weighted by molar-refractivity contribution is 5.99. The van der Waals surface area contributed by atoms with Crippen LogP contribution in [0.2, 0.25) is 0 Å². The van der Waals surface area contributed by atoms with E-state index in [2.05, 4.69) is 11.5 Å². The predicted octanol–water partition coefficient (Wildman–Crippen LogP) is 4.19. The second kappa shape index (κ2) is 10.7. The molecule has 1 aromatic heterocycles. The zero-order chi connectivity index (χ0) is 25.1. The van der Waals surface area contributed by atoms with Gasteiger partial charge >= 0.3 is 0 Å². The fraction of sp³-hybridized carbons (Fsp3) is 0.379. The summed E-state index contributed by atoms with van der Waals surface area (Å²) >= 11 is 0. The summed E-state index contributed by atoms with van der Waals surface area (Å²) in [5.74, 6) is 0.568. The van der Waals surface area contributed by atoms with E-state index in [1.54, 1.807) is 17.0 Å².